The summed E-state index contributed by atoms with van der Waals surface area (Å²) >= 11 is 0. The van der Waals surface area contributed by atoms with Gasteiger partial charge in [-0.2, -0.15) is 0 Å². The summed E-state index contributed by atoms with van der Waals surface area (Å²) in [5.41, 5.74) is 3.26. The van der Waals surface area contributed by atoms with Crippen LogP contribution < -0.4 is 5.48 Å². The minimum absolute atomic E-state index is 0.0517. The molecule has 0 spiro atoms. The van der Waals surface area contributed by atoms with Gasteiger partial charge in [-0.3, -0.25) is 9.63 Å². The first-order valence-electron chi connectivity index (χ1n) is 6.27. The second-order valence-corrected chi connectivity index (χ2v) is 4.85. The van der Waals surface area contributed by atoms with Gasteiger partial charge in [-0.1, -0.05) is 13.8 Å². The summed E-state index contributed by atoms with van der Waals surface area (Å²) in [6, 6.07) is 4.21. The number of aromatic carboxylic acids is 1. The van der Waals surface area contributed by atoms with Crippen LogP contribution in [0.25, 0.3) is 0 Å². The Balaban J connectivity index is 2.75. The molecule has 1 unspecified atom stereocenters. The van der Waals surface area contributed by atoms with E-state index in [0.29, 0.717) is 11.1 Å². The molecule has 0 saturated heterocycles. The maximum atomic E-state index is 11.9. The molecular formula is C14H19NO5. The van der Waals surface area contributed by atoms with E-state index in [1.54, 1.807) is 6.92 Å². The number of nitrogens with one attached hydrogen (secondary N) is 1. The van der Waals surface area contributed by atoms with Crippen LogP contribution >= 0.6 is 0 Å². The molecule has 6 heteroatoms. The second-order valence-electron chi connectivity index (χ2n) is 4.85. The topological polar surface area (TPSA) is 95.9 Å². The van der Waals surface area contributed by atoms with Gasteiger partial charge in [0.15, 0.2) is 0 Å². The molecule has 0 saturated carbocycles. The van der Waals surface area contributed by atoms with E-state index in [9.17, 15) is 9.59 Å². The number of rotatable bonds is 6. The Morgan fingerprint density at radius 1 is 1.35 bits per heavy atom. The molecule has 0 aromatic heterocycles. The third kappa shape index (κ3) is 4.04. The van der Waals surface area contributed by atoms with Gasteiger partial charge in [0.05, 0.1) is 12.2 Å². The van der Waals surface area contributed by atoms with Crippen molar-refractivity contribution in [3.8, 4) is 0 Å². The Morgan fingerprint density at radius 2 is 2.00 bits per heavy atom. The first-order valence-corrected chi connectivity index (χ1v) is 6.27. The summed E-state index contributed by atoms with van der Waals surface area (Å²) < 4.78 is 0. The predicted molar refractivity (Wildman–Crippen MR) is 72.4 cm³/mol. The van der Waals surface area contributed by atoms with Crippen molar-refractivity contribution < 1.29 is 24.6 Å². The van der Waals surface area contributed by atoms with Crippen molar-refractivity contribution in [3.05, 3.63) is 34.9 Å². The van der Waals surface area contributed by atoms with Gasteiger partial charge in [-0.15, -0.1) is 0 Å². The van der Waals surface area contributed by atoms with E-state index in [1.807, 2.05) is 13.8 Å². The molecule has 0 bridgehead atoms. The summed E-state index contributed by atoms with van der Waals surface area (Å²) in [6.45, 7) is 5.17. The number of aryl methyl sites for hydroxylation is 1. The zero-order valence-electron chi connectivity index (χ0n) is 11.7. The zero-order chi connectivity index (χ0) is 15.3. The van der Waals surface area contributed by atoms with Crippen molar-refractivity contribution in [2.24, 2.45) is 5.92 Å². The van der Waals surface area contributed by atoms with Gasteiger partial charge in [-0.25, -0.2) is 10.3 Å². The van der Waals surface area contributed by atoms with E-state index >= 15 is 0 Å². The Hall–Kier alpha value is -1.92. The third-order valence-electron chi connectivity index (χ3n) is 2.94. The second kappa shape index (κ2) is 7.02. The summed E-state index contributed by atoms with van der Waals surface area (Å²) in [4.78, 5) is 27.9. The van der Waals surface area contributed by atoms with E-state index in [4.69, 9.17) is 15.1 Å². The summed E-state index contributed by atoms with van der Waals surface area (Å²) in [7, 11) is 0. The molecule has 1 amide bonds. The minimum atomic E-state index is -1.04. The summed E-state index contributed by atoms with van der Waals surface area (Å²) in [5.74, 6) is -1.47. The van der Waals surface area contributed by atoms with Gasteiger partial charge >= 0.3 is 5.97 Å². The minimum Gasteiger partial charge on any atom is -0.478 e. The lowest BCUT2D eigenvalue weighted by Crippen LogP contribution is -2.34. The number of aliphatic hydroxyl groups excluding tert-OH is 1. The normalized spacial score (nSPS) is 12.2. The van der Waals surface area contributed by atoms with Gasteiger partial charge in [0, 0.05) is 5.56 Å². The molecule has 110 valence electrons. The lowest BCUT2D eigenvalue weighted by atomic mass is 10.0. The number of carboxylic acids is 1. The molecule has 3 N–H and O–H groups in total. The summed E-state index contributed by atoms with van der Waals surface area (Å²) in [5, 5.41) is 17.9. The molecule has 0 aliphatic heterocycles. The highest BCUT2D eigenvalue weighted by Gasteiger charge is 2.17. The van der Waals surface area contributed by atoms with Crippen molar-refractivity contribution in [3.63, 3.8) is 0 Å². The van der Waals surface area contributed by atoms with Crippen molar-refractivity contribution >= 4 is 11.9 Å². The van der Waals surface area contributed by atoms with E-state index in [1.165, 1.54) is 18.2 Å². The maximum Gasteiger partial charge on any atom is 0.335 e. The third-order valence-corrected chi connectivity index (χ3v) is 2.94. The highest BCUT2D eigenvalue weighted by atomic mass is 16.7. The van der Waals surface area contributed by atoms with Crippen LogP contribution in [0.15, 0.2) is 18.2 Å². The molecule has 1 rings (SSSR count). The van der Waals surface area contributed by atoms with Crippen LogP contribution in [0.2, 0.25) is 0 Å². The number of hydroxylamine groups is 1. The van der Waals surface area contributed by atoms with Crippen LogP contribution in [-0.2, 0) is 4.84 Å². The smallest absolute Gasteiger partial charge is 0.335 e. The van der Waals surface area contributed by atoms with Crippen LogP contribution in [0, 0.1) is 12.8 Å². The van der Waals surface area contributed by atoms with Crippen LogP contribution in [0.1, 0.15) is 40.1 Å². The van der Waals surface area contributed by atoms with Gasteiger partial charge in [-0.05, 0) is 36.6 Å². The standard InChI is InChI=1S/C14H19NO5/c1-8(2)12(7-16)20-15-13(17)11-5-4-10(14(18)19)6-9(11)3/h4-6,8,12,16H,7H2,1-3H3,(H,15,17)(H,18,19). The predicted octanol–water partition coefficient (Wildman–Crippen LogP) is 1.37. The molecule has 20 heavy (non-hydrogen) atoms. The number of benzene rings is 1. The molecule has 0 fully saturated rings. The fourth-order valence-electron chi connectivity index (χ4n) is 1.62. The Bertz CT molecular complexity index is 498. The molecule has 0 heterocycles. The largest absolute Gasteiger partial charge is 0.478 e. The van der Waals surface area contributed by atoms with E-state index in [-0.39, 0.29) is 18.1 Å². The monoisotopic (exact) mass is 281 g/mol. The van der Waals surface area contributed by atoms with Crippen LogP contribution in [-0.4, -0.2) is 34.8 Å². The van der Waals surface area contributed by atoms with Gasteiger partial charge in [0.1, 0.15) is 6.10 Å². The molecular weight excluding hydrogens is 262 g/mol. The van der Waals surface area contributed by atoms with Crippen LogP contribution in [0.3, 0.4) is 0 Å². The average molecular weight is 281 g/mol. The van der Waals surface area contributed by atoms with E-state index in [0.717, 1.165) is 0 Å². The highest BCUT2D eigenvalue weighted by molar-refractivity contribution is 5.96. The quantitative estimate of drug-likeness (QED) is 0.684. The lowest BCUT2D eigenvalue weighted by molar-refractivity contribution is -0.0603. The van der Waals surface area contributed by atoms with Crippen molar-refractivity contribution in [2.75, 3.05) is 6.61 Å². The van der Waals surface area contributed by atoms with Crippen molar-refractivity contribution in [1.29, 1.82) is 0 Å². The number of hydrogen-bond donors (Lipinski definition) is 3. The maximum absolute atomic E-state index is 11.9. The van der Waals surface area contributed by atoms with Crippen molar-refractivity contribution in [1.82, 2.24) is 5.48 Å². The fourth-order valence-corrected chi connectivity index (χ4v) is 1.62. The van der Waals surface area contributed by atoms with Crippen LogP contribution in [0.4, 0.5) is 0 Å². The number of aliphatic hydroxyl groups is 1. The highest BCUT2D eigenvalue weighted by Crippen LogP contribution is 2.12. The Labute approximate surface area is 117 Å². The molecule has 6 nitrogen and oxygen atoms in total. The number of carbonyl (C=O) groups is 2. The molecule has 1 atom stereocenters. The van der Waals surface area contributed by atoms with Gasteiger partial charge in [0.2, 0.25) is 0 Å². The molecule has 0 radical (unpaired) electrons. The Kier molecular flexibility index (Phi) is 5.66. The SMILES string of the molecule is Cc1cc(C(=O)O)ccc1C(=O)NOC(CO)C(C)C. The number of hydrogen-bond acceptors (Lipinski definition) is 4. The summed E-state index contributed by atoms with van der Waals surface area (Å²) in [6.07, 6.45) is -0.488. The molecule has 1 aromatic carbocycles. The first-order chi connectivity index (χ1) is 9.36. The fraction of sp³-hybridized carbons (Fsp3) is 0.429. The number of amides is 1. The van der Waals surface area contributed by atoms with Crippen LogP contribution in [0.5, 0.6) is 0 Å². The molecule has 0 aliphatic rings. The number of carboxylic acid groups (broad SMARTS) is 1. The lowest BCUT2D eigenvalue weighted by Gasteiger charge is -2.19. The van der Waals surface area contributed by atoms with Crippen molar-refractivity contribution in [2.45, 2.75) is 26.9 Å². The van der Waals surface area contributed by atoms with Gasteiger partial charge < -0.3 is 10.2 Å². The van der Waals surface area contributed by atoms with Gasteiger partial charge in [0.25, 0.3) is 5.91 Å². The molecule has 1 aromatic rings. The average Bonchev–Trinajstić information content (AvgIpc) is 2.38. The first kappa shape index (κ1) is 16.1. The van der Waals surface area contributed by atoms with E-state index in [2.05, 4.69) is 5.48 Å². The molecule has 0 aliphatic carbocycles. The van der Waals surface area contributed by atoms with E-state index < -0.39 is 18.0 Å². The zero-order valence-corrected chi connectivity index (χ0v) is 11.7. The Morgan fingerprint density at radius 3 is 2.45 bits per heavy atom. The number of carbonyl (C=O) groups excluding carboxylic acids is 1.